The highest BCUT2D eigenvalue weighted by Crippen LogP contribution is 2.23. The lowest BCUT2D eigenvalue weighted by molar-refractivity contribution is -0.122. The van der Waals surface area contributed by atoms with Crippen LogP contribution in [0.3, 0.4) is 0 Å². The van der Waals surface area contributed by atoms with Crippen molar-refractivity contribution in [3.8, 4) is 5.75 Å². The van der Waals surface area contributed by atoms with Gasteiger partial charge in [-0.1, -0.05) is 23.7 Å². The molecule has 2 rings (SSSR count). The lowest BCUT2D eigenvalue weighted by atomic mass is 10.1. The van der Waals surface area contributed by atoms with Crippen LogP contribution in [0.1, 0.15) is 28.4 Å². The maximum Gasteiger partial charge on any atom is 0.257 e. The van der Waals surface area contributed by atoms with Gasteiger partial charge in [0.2, 0.25) is 5.91 Å². The van der Waals surface area contributed by atoms with E-state index in [1.807, 2.05) is 0 Å². The monoisotopic (exact) mass is 431 g/mol. The number of halogens is 1. The highest BCUT2D eigenvalue weighted by atomic mass is 35.5. The number of amides is 3. The summed E-state index contributed by atoms with van der Waals surface area (Å²) in [6.45, 7) is 1.16. The van der Waals surface area contributed by atoms with Gasteiger partial charge in [0, 0.05) is 36.7 Å². The van der Waals surface area contributed by atoms with Crippen molar-refractivity contribution in [2.24, 2.45) is 5.73 Å². The molecular weight excluding hydrogens is 410 g/mol. The Balaban J connectivity index is 2.23. The van der Waals surface area contributed by atoms with E-state index in [0.717, 1.165) is 0 Å². The van der Waals surface area contributed by atoms with Crippen molar-refractivity contribution in [3.63, 3.8) is 0 Å². The van der Waals surface area contributed by atoms with Gasteiger partial charge >= 0.3 is 0 Å². The number of nitrogens with one attached hydrogen (secondary N) is 4. The maximum absolute atomic E-state index is 12.7. The molecule has 0 heterocycles. The van der Waals surface area contributed by atoms with Crippen LogP contribution in [0.2, 0.25) is 5.02 Å². The van der Waals surface area contributed by atoms with Crippen molar-refractivity contribution in [3.05, 3.63) is 58.1 Å². The highest BCUT2D eigenvalue weighted by molar-refractivity contribution is 6.31. The summed E-state index contributed by atoms with van der Waals surface area (Å²) in [6, 6.07) is 9.33. The number of nitrogens with two attached hydrogens (primary N) is 1. The van der Waals surface area contributed by atoms with E-state index in [1.54, 1.807) is 18.2 Å². The minimum Gasteiger partial charge on any atom is -0.483 e. The summed E-state index contributed by atoms with van der Waals surface area (Å²) in [5.41, 5.74) is 7.03. The van der Waals surface area contributed by atoms with Gasteiger partial charge in [-0.3, -0.25) is 19.8 Å². The minimum absolute atomic E-state index is 0.0616. The molecule has 9 nitrogen and oxygen atoms in total. The molecule has 0 aromatic heterocycles. The number of rotatable bonds is 8. The number of hydrogen-bond donors (Lipinski definition) is 5. The molecule has 0 aliphatic carbocycles. The number of carbonyl (C=O) groups is 3. The van der Waals surface area contributed by atoms with E-state index in [0.29, 0.717) is 27.6 Å². The van der Waals surface area contributed by atoms with Crippen LogP contribution in [0.5, 0.6) is 5.75 Å². The number of amidine groups is 1. The molecule has 0 radical (unpaired) electrons. The van der Waals surface area contributed by atoms with Crippen LogP contribution in [0.15, 0.2) is 36.4 Å². The fourth-order valence-corrected chi connectivity index (χ4v) is 2.66. The van der Waals surface area contributed by atoms with E-state index in [-0.39, 0.29) is 36.4 Å². The van der Waals surface area contributed by atoms with E-state index in [1.165, 1.54) is 32.2 Å². The molecule has 3 amide bonds. The largest absolute Gasteiger partial charge is 0.483 e. The number of hydrogen-bond acceptors (Lipinski definition) is 5. The molecule has 158 valence electrons. The summed E-state index contributed by atoms with van der Waals surface area (Å²) in [7, 11) is 1.48. The zero-order valence-electron chi connectivity index (χ0n) is 16.5. The molecule has 6 N–H and O–H groups in total. The molecule has 0 saturated carbocycles. The fraction of sp³-hybridized carbons (Fsp3) is 0.200. The van der Waals surface area contributed by atoms with Gasteiger partial charge in [0.05, 0.1) is 11.3 Å². The number of carbonyl (C=O) groups excluding carboxylic acids is 3. The molecule has 2 aromatic rings. The highest BCUT2D eigenvalue weighted by Gasteiger charge is 2.15. The molecule has 0 aliphatic heterocycles. The Hall–Kier alpha value is -3.59. The van der Waals surface area contributed by atoms with Crippen molar-refractivity contribution in [1.29, 1.82) is 5.41 Å². The van der Waals surface area contributed by atoms with Crippen LogP contribution in [0.4, 0.5) is 5.69 Å². The van der Waals surface area contributed by atoms with E-state index < -0.39 is 5.91 Å². The molecule has 2 aromatic carbocycles. The third-order valence-corrected chi connectivity index (χ3v) is 4.23. The average Bonchev–Trinajstić information content (AvgIpc) is 2.71. The number of nitrogen functional groups attached to an aromatic ring is 1. The predicted molar refractivity (Wildman–Crippen MR) is 114 cm³/mol. The standard InChI is InChI=1S/C20H22ClN5O4/c1-11(27)26-16-6-5-14(21)8-15(16)20(29)25-9-13-4-3-12(19(22)23)7-17(13)30-10-18(28)24-2/h3-8H,9-10H2,1-2H3,(H3,22,23)(H,24,28)(H,25,29)(H,26,27). The molecule has 0 aliphatic rings. The second-order valence-corrected chi connectivity index (χ2v) is 6.69. The Morgan fingerprint density at radius 1 is 1.17 bits per heavy atom. The molecule has 0 bridgehead atoms. The lowest BCUT2D eigenvalue weighted by Gasteiger charge is -2.15. The summed E-state index contributed by atoms with van der Waals surface area (Å²) in [4.78, 5) is 35.6. The van der Waals surface area contributed by atoms with E-state index >= 15 is 0 Å². The van der Waals surface area contributed by atoms with Crippen molar-refractivity contribution >= 4 is 40.8 Å². The Bertz CT molecular complexity index is 993. The van der Waals surface area contributed by atoms with Gasteiger partial charge in [0.15, 0.2) is 6.61 Å². The van der Waals surface area contributed by atoms with Gasteiger partial charge in [-0.05, 0) is 24.3 Å². The summed E-state index contributed by atoms with van der Waals surface area (Å²) in [5, 5.41) is 15.7. The SMILES string of the molecule is CNC(=O)COc1cc(C(=N)N)ccc1CNC(=O)c1cc(Cl)ccc1NC(C)=O. The van der Waals surface area contributed by atoms with E-state index in [2.05, 4.69) is 16.0 Å². The van der Waals surface area contributed by atoms with Gasteiger partial charge in [-0.2, -0.15) is 0 Å². The molecule has 0 atom stereocenters. The smallest absolute Gasteiger partial charge is 0.257 e. The third-order valence-electron chi connectivity index (χ3n) is 3.99. The Kier molecular flexibility index (Phi) is 7.76. The zero-order valence-corrected chi connectivity index (χ0v) is 17.2. The molecule has 10 heteroatoms. The Morgan fingerprint density at radius 3 is 2.53 bits per heavy atom. The first-order valence-corrected chi connectivity index (χ1v) is 9.25. The van der Waals surface area contributed by atoms with Crippen LogP contribution in [-0.4, -0.2) is 37.2 Å². The van der Waals surface area contributed by atoms with Gasteiger partial charge < -0.3 is 26.4 Å². The van der Waals surface area contributed by atoms with Crippen LogP contribution in [-0.2, 0) is 16.1 Å². The van der Waals surface area contributed by atoms with Gasteiger partial charge in [-0.25, -0.2) is 0 Å². The molecule has 0 unspecified atom stereocenters. The molecular formula is C20H22ClN5O4. The maximum atomic E-state index is 12.7. The van der Waals surface area contributed by atoms with E-state index in [4.69, 9.17) is 27.5 Å². The van der Waals surface area contributed by atoms with Crippen molar-refractivity contribution in [2.45, 2.75) is 13.5 Å². The zero-order chi connectivity index (χ0) is 22.3. The van der Waals surface area contributed by atoms with Crippen LogP contribution in [0, 0.1) is 5.41 Å². The van der Waals surface area contributed by atoms with Crippen LogP contribution < -0.4 is 26.4 Å². The van der Waals surface area contributed by atoms with Crippen LogP contribution in [0.25, 0.3) is 0 Å². The first-order valence-electron chi connectivity index (χ1n) is 8.87. The fourth-order valence-electron chi connectivity index (χ4n) is 2.49. The summed E-state index contributed by atoms with van der Waals surface area (Å²) >= 11 is 5.99. The number of anilines is 1. The number of ether oxygens (including phenoxy) is 1. The second-order valence-electron chi connectivity index (χ2n) is 6.25. The molecule has 0 saturated heterocycles. The normalized spacial score (nSPS) is 10.1. The number of likely N-dealkylation sites (N-methyl/N-ethyl adjacent to an activating group) is 1. The molecule has 0 fully saturated rings. The van der Waals surface area contributed by atoms with Crippen LogP contribution >= 0.6 is 11.6 Å². The van der Waals surface area contributed by atoms with E-state index in [9.17, 15) is 14.4 Å². The van der Waals surface area contributed by atoms with Crippen molar-refractivity contribution < 1.29 is 19.1 Å². The van der Waals surface area contributed by atoms with Crippen molar-refractivity contribution in [1.82, 2.24) is 10.6 Å². The summed E-state index contributed by atoms with van der Waals surface area (Å²) in [5.74, 6) is -0.976. The number of benzene rings is 2. The second kappa shape index (κ2) is 10.3. The third kappa shape index (κ3) is 6.21. The van der Waals surface area contributed by atoms with Gasteiger partial charge in [-0.15, -0.1) is 0 Å². The molecule has 30 heavy (non-hydrogen) atoms. The lowest BCUT2D eigenvalue weighted by Crippen LogP contribution is -2.27. The molecule has 0 spiro atoms. The summed E-state index contributed by atoms with van der Waals surface area (Å²) in [6.07, 6.45) is 0. The van der Waals surface area contributed by atoms with Gasteiger partial charge in [0.1, 0.15) is 11.6 Å². The topological polar surface area (TPSA) is 146 Å². The summed E-state index contributed by atoms with van der Waals surface area (Å²) < 4.78 is 5.52. The minimum atomic E-state index is -0.464. The van der Waals surface area contributed by atoms with Gasteiger partial charge in [0.25, 0.3) is 11.8 Å². The Morgan fingerprint density at radius 2 is 1.90 bits per heavy atom. The van der Waals surface area contributed by atoms with Crippen molar-refractivity contribution in [2.75, 3.05) is 19.0 Å². The quantitative estimate of drug-likeness (QED) is 0.318. The first kappa shape index (κ1) is 22.7. The average molecular weight is 432 g/mol. The predicted octanol–water partition coefficient (Wildman–Crippen LogP) is 1.64. The Labute approximate surface area is 178 Å². The first-order chi connectivity index (χ1) is 14.2.